The highest BCUT2D eigenvalue weighted by atomic mass is 35.5. The molecule has 0 atom stereocenters. The molecular formula is C15H17ClN2. The first-order valence-electron chi connectivity index (χ1n) is 6.56. The van der Waals surface area contributed by atoms with E-state index in [9.17, 15) is 0 Å². The Bertz CT molecular complexity index is 574. The SMILES string of the molecule is CNc1cc(C2CCCC2)nc2ccc(Cl)cc12. The number of anilines is 1. The van der Waals surface area contributed by atoms with Crippen molar-refractivity contribution < 1.29 is 0 Å². The molecule has 0 radical (unpaired) electrons. The maximum atomic E-state index is 6.06. The Morgan fingerprint density at radius 3 is 2.72 bits per heavy atom. The zero-order chi connectivity index (χ0) is 12.5. The summed E-state index contributed by atoms with van der Waals surface area (Å²) >= 11 is 6.06. The van der Waals surface area contributed by atoms with E-state index in [-0.39, 0.29) is 0 Å². The molecule has 0 saturated heterocycles. The van der Waals surface area contributed by atoms with Crippen LogP contribution in [0, 0.1) is 0 Å². The molecule has 1 aliphatic carbocycles. The maximum absolute atomic E-state index is 6.06. The molecule has 0 amide bonds. The fraction of sp³-hybridized carbons (Fsp3) is 0.400. The quantitative estimate of drug-likeness (QED) is 0.854. The second kappa shape index (κ2) is 4.77. The smallest absolute Gasteiger partial charge is 0.0727 e. The monoisotopic (exact) mass is 260 g/mol. The summed E-state index contributed by atoms with van der Waals surface area (Å²) in [6.45, 7) is 0. The first-order chi connectivity index (χ1) is 8.78. The lowest BCUT2D eigenvalue weighted by Crippen LogP contribution is -2.00. The number of aromatic nitrogens is 1. The average Bonchev–Trinajstić information content (AvgIpc) is 2.91. The van der Waals surface area contributed by atoms with Gasteiger partial charge >= 0.3 is 0 Å². The molecule has 0 unspecified atom stereocenters. The summed E-state index contributed by atoms with van der Waals surface area (Å²) in [5.74, 6) is 0.636. The molecule has 1 aromatic heterocycles. The third-order valence-corrected chi connectivity index (χ3v) is 4.07. The molecule has 0 spiro atoms. The zero-order valence-corrected chi connectivity index (χ0v) is 11.3. The van der Waals surface area contributed by atoms with Gasteiger partial charge in [-0.25, -0.2) is 0 Å². The number of nitrogens with zero attached hydrogens (tertiary/aromatic N) is 1. The highest BCUT2D eigenvalue weighted by Gasteiger charge is 2.19. The predicted molar refractivity (Wildman–Crippen MR) is 77.5 cm³/mol. The Balaban J connectivity index is 2.15. The number of rotatable bonds is 2. The minimum atomic E-state index is 0.636. The van der Waals surface area contributed by atoms with Gasteiger partial charge < -0.3 is 5.32 Å². The van der Waals surface area contributed by atoms with E-state index < -0.39 is 0 Å². The van der Waals surface area contributed by atoms with Gasteiger partial charge in [-0.15, -0.1) is 0 Å². The predicted octanol–water partition coefficient (Wildman–Crippen LogP) is 4.59. The fourth-order valence-corrected chi connectivity index (χ4v) is 3.03. The molecule has 0 aliphatic heterocycles. The Kier molecular flexibility index (Phi) is 3.13. The standard InChI is InChI=1S/C15H17ClN2/c1-17-15-9-14(10-4-2-3-5-10)18-13-7-6-11(16)8-12(13)15/h6-10H,2-5H2,1H3,(H,17,18). The minimum Gasteiger partial charge on any atom is -0.388 e. The first-order valence-corrected chi connectivity index (χ1v) is 6.93. The van der Waals surface area contributed by atoms with Crippen molar-refractivity contribution in [2.24, 2.45) is 0 Å². The summed E-state index contributed by atoms with van der Waals surface area (Å²) in [4.78, 5) is 4.81. The molecule has 18 heavy (non-hydrogen) atoms. The summed E-state index contributed by atoms with van der Waals surface area (Å²) in [6.07, 6.45) is 5.21. The number of fused-ring (bicyclic) bond motifs is 1. The third-order valence-electron chi connectivity index (χ3n) is 3.83. The van der Waals surface area contributed by atoms with Gasteiger partial charge in [-0.05, 0) is 37.1 Å². The van der Waals surface area contributed by atoms with Crippen molar-refractivity contribution >= 4 is 28.2 Å². The average molecular weight is 261 g/mol. The van der Waals surface area contributed by atoms with E-state index in [2.05, 4.69) is 11.4 Å². The summed E-state index contributed by atoms with van der Waals surface area (Å²) in [7, 11) is 1.95. The molecule has 2 aromatic rings. The van der Waals surface area contributed by atoms with E-state index in [1.54, 1.807) is 0 Å². The molecule has 1 aliphatic rings. The van der Waals surface area contributed by atoms with Crippen molar-refractivity contribution in [3.63, 3.8) is 0 Å². The van der Waals surface area contributed by atoms with Gasteiger partial charge in [-0.1, -0.05) is 24.4 Å². The third kappa shape index (κ3) is 2.05. The molecule has 1 saturated carbocycles. The molecule has 3 heteroatoms. The highest BCUT2D eigenvalue weighted by molar-refractivity contribution is 6.31. The number of pyridine rings is 1. The van der Waals surface area contributed by atoms with Crippen LogP contribution >= 0.6 is 11.6 Å². The number of benzene rings is 1. The van der Waals surface area contributed by atoms with E-state index in [0.29, 0.717) is 5.92 Å². The molecule has 1 fully saturated rings. The molecular weight excluding hydrogens is 244 g/mol. The van der Waals surface area contributed by atoms with Gasteiger partial charge in [0.2, 0.25) is 0 Å². The number of hydrogen-bond donors (Lipinski definition) is 1. The van der Waals surface area contributed by atoms with Crippen molar-refractivity contribution in [3.05, 3.63) is 35.0 Å². The topological polar surface area (TPSA) is 24.9 Å². The van der Waals surface area contributed by atoms with Crippen LogP contribution in [0.15, 0.2) is 24.3 Å². The Labute approximate surface area is 112 Å². The van der Waals surface area contributed by atoms with Crippen LogP contribution in [0.1, 0.15) is 37.3 Å². The maximum Gasteiger partial charge on any atom is 0.0727 e. The van der Waals surface area contributed by atoms with Crippen molar-refractivity contribution in [3.8, 4) is 0 Å². The van der Waals surface area contributed by atoms with Crippen molar-refractivity contribution in [1.82, 2.24) is 4.98 Å². The van der Waals surface area contributed by atoms with Gasteiger partial charge in [0.05, 0.1) is 5.52 Å². The Morgan fingerprint density at radius 1 is 1.22 bits per heavy atom. The molecule has 2 nitrogen and oxygen atoms in total. The Morgan fingerprint density at radius 2 is 2.00 bits per heavy atom. The van der Waals surface area contributed by atoms with Gasteiger partial charge in [-0.2, -0.15) is 0 Å². The van der Waals surface area contributed by atoms with Crippen LogP contribution in [0.25, 0.3) is 10.9 Å². The fourth-order valence-electron chi connectivity index (χ4n) is 2.86. The number of nitrogens with one attached hydrogen (secondary N) is 1. The largest absolute Gasteiger partial charge is 0.388 e. The van der Waals surface area contributed by atoms with Gasteiger partial charge in [0, 0.05) is 34.8 Å². The summed E-state index contributed by atoms with van der Waals surface area (Å²) in [5, 5.41) is 5.12. The molecule has 94 valence electrons. The number of hydrogen-bond acceptors (Lipinski definition) is 2. The summed E-state index contributed by atoms with van der Waals surface area (Å²) < 4.78 is 0. The Hall–Kier alpha value is -1.28. The summed E-state index contributed by atoms with van der Waals surface area (Å²) in [6, 6.07) is 8.09. The summed E-state index contributed by atoms with van der Waals surface area (Å²) in [5.41, 5.74) is 3.39. The molecule has 0 bridgehead atoms. The molecule has 1 heterocycles. The van der Waals surface area contributed by atoms with E-state index in [1.165, 1.54) is 31.4 Å². The van der Waals surface area contributed by atoms with Gasteiger partial charge in [0.1, 0.15) is 0 Å². The van der Waals surface area contributed by atoms with Crippen LogP contribution in [-0.2, 0) is 0 Å². The van der Waals surface area contributed by atoms with E-state index in [1.807, 2.05) is 25.2 Å². The molecule has 1 aromatic carbocycles. The lowest BCUT2D eigenvalue weighted by Gasteiger charge is -2.13. The second-order valence-corrected chi connectivity index (χ2v) is 5.42. The normalized spacial score (nSPS) is 16.3. The van der Waals surface area contributed by atoms with Crippen LogP contribution < -0.4 is 5.32 Å². The zero-order valence-electron chi connectivity index (χ0n) is 10.5. The molecule has 3 rings (SSSR count). The first kappa shape index (κ1) is 11.8. The molecule has 1 N–H and O–H groups in total. The van der Waals surface area contributed by atoms with Crippen LogP contribution in [-0.4, -0.2) is 12.0 Å². The van der Waals surface area contributed by atoms with Crippen LogP contribution in [0.3, 0.4) is 0 Å². The minimum absolute atomic E-state index is 0.636. The van der Waals surface area contributed by atoms with Crippen LogP contribution in [0.4, 0.5) is 5.69 Å². The van der Waals surface area contributed by atoms with E-state index in [0.717, 1.165) is 21.6 Å². The van der Waals surface area contributed by atoms with Crippen molar-refractivity contribution in [2.45, 2.75) is 31.6 Å². The van der Waals surface area contributed by atoms with Gasteiger partial charge in [0.25, 0.3) is 0 Å². The highest BCUT2D eigenvalue weighted by Crippen LogP contribution is 2.36. The van der Waals surface area contributed by atoms with Crippen LogP contribution in [0.2, 0.25) is 5.02 Å². The lowest BCUT2D eigenvalue weighted by molar-refractivity contribution is 0.701. The second-order valence-electron chi connectivity index (χ2n) is 4.99. The number of halogens is 1. The lowest BCUT2D eigenvalue weighted by atomic mass is 10.0. The van der Waals surface area contributed by atoms with E-state index in [4.69, 9.17) is 16.6 Å². The van der Waals surface area contributed by atoms with E-state index >= 15 is 0 Å². The van der Waals surface area contributed by atoms with Crippen LogP contribution in [0.5, 0.6) is 0 Å². The van der Waals surface area contributed by atoms with Crippen molar-refractivity contribution in [1.29, 1.82) is 0 Å². The van der Waals surface area contributed by atoms with Crippen molar-refractivity contribution in [2.75, 3.05) is 12.4 Å². The van der Waals surface area contributed by atoms with Gasteiger partial charge in [-0.3, -0.25) is 4.98 Å². The van der Waals surface area contributed by atoms with Gasteiger partial charge in [0.15, 0.2) is 0 Å².